The van der Waals surface area contributed by atoms with Gasteiger partial charge in [0.25, 0.3) is 5.91 Å². The smallest absolute Gasteiger partial charge is 0.260 e. The van der Waals surface area contributed by atoms with Crippen molar-refractivity contribution in [1.82, 2.24) is 4.90 Å². The van der Waals surface area contributed by atoms with E-state index in [9.17, 15) is 4.79 Å². The molecule has 1 heterocycles. The van der Waals surface area contributed by atoms with Gasteiger partial charge in [-0.1, -0.05) is 25.1 Å². The lowest BCUT2D eigenvalue weighted by Gasteiger charge is -2.36. The Morgan fingerprint density at radius 2 is 2.10 bits per heavy atom. The predicted octanol–water partition coefficient (Wildman–Crippen LogP) is 2.17. The molecular weight excluding hydrogens is 252 g/mol. The molecule has 1 aromatic rings. The maximum atomic E-state index is 12.3. The van der Waals surface area contributed by atoms with Crippen molar-refractivity contribution in [2.24, 2.45) is 11.7 Å². The first-order chi connectivity index (χ1) is 9.61. The Morgan fingerprint density at radius 1 is 1.35 bits per heavy atom. The number of nitrogens with zero attached hydrogens (tertiary/aromatic N) is 1. The van der Waals surface area contributed by atoms with Crippen molar-refractivity contribution in [2.75, 3.05) is 13.2 Å². The molecule has 0 spiro atoms. The summed E-state index contributed by atoms with van der Waals surface area (Å²) in [6.07, 6.45) is 2.27. The van der Waals surface area contributed by atoms with Crippen molar-refractivity contribution >= 4 is 5.91 Å². The van der Waals surface area contributed by atoms with Crippen LogP contribution >= 0.6 is 0 Å². The van der Waals surface area contributed by atoms with Crippen molar-refractivity contribution in [3.05, 3.63) is 29.8 Å². The molecule has 20 heavy (non-hydrogen) atoms. The number of nitrogens with two attached hydrogens (primary N) is 1. The van der Waals surface area contributed by atoms with Crippen LogP contribution in [0.1, 0.15) is 32.3 Å². The van der Waals surface area contributed by atoms with E-state index in [2.05, 4.69) is 13.8 Å². The largest absolute Gasteiger partial charge is 0.483 e. The summed E-state index contributed by atoms with van der Waals surface area (Å²) in [6, 6.07) is 7.91. The fourth-order valence-electron chi connectivity index (χ4n) is 2.67. The van der Waals surface area contributed by atoms with E-state index in [1.165, 1.54) is 6.42 Å². The zero-order chi connectivity index (χ0) is 14.5. The maximum absolute atomic E-state index is 12.3. The Hall–Kier alpha value is -1.55. The average Bonchev–Trinajstić information content (AvgIpc) is 2.47. The van der Waals surface area contributed by atoms with E-state index < -0.39 is 0 Å². The minimum atomic E-state index is 0.0656. The first kappa shape index (κ1) is 14.9. The summed E-state index contributed by atoms with van der Waals surface area (Å²) < 4.78 is 5.66. The first-order valence-corrected chi connectivity index (χ1v) is 7.32. The molecule has 1 fully saturated rings. The minimum Gasteiger partial charge on any atom is -0.483 e. The van der Waals surface area contributed by atoms with Crippen molar-refractivity contribution in [2.45, 2.75) is 39.3 Å². The number of hydrogen-bond acceptors (Lipinski definition) is 3. The Labute approximate surface area is 120 Å². The highest BCUT2D eigenvalue weighted by Gasteiger charge is 2.27. The molecule has 0 aliphatic carbocycles. The van der Waals surface area contributed by atoms with Gasteiger partial charge in [0, 0.05) is 24.7 Å². The molecule has 1 aliphatic heterocycles. The van der Waals surface area contributed by atoms with Gasteiger partial charge in [0.1, 0.15) is 5.75 Å². The maximum Gasteiger partial charge on any atom is 0.260 e. The Kier molecular flexibility index (Phi) is 5.01. The Morgan fingerprint density at radius 3 is 2.85 bits per heavy atom. The third kappa shape index (κ3) is 3.51. The number of rotatable bonds is 4. The Bertz CT molecular complexity index is 462. The van der Waals surface area contributed by atoms with Gasteiger partial charge >= 0.3 is 0 Å². The first-order valence-electron chi connectivity index (χ1n) is 7.32. The number of carbonyl (C=O) groups excluding carboxylic acids is 1. The summed E-state index contributed by atoms with van der Waals surface area (Å²) in [5, 5.41) is 0. The second-order valence-electron chi connectivity index (χ2n) is 5.68. The van der Waals surface area contributed by atoms with Crippen LogP contribution in [-0.4, -0.2) is 30.0 Å². The van der Waals surface area contributed by atoms with Crippen LogP contribution in [0.4, 0.5) is 0 Å². The van der Waals surface area contributed by atoms with E-state index in [0.717, 1.165) is 18.5 Å². The third-order valence-electron chi connectivity index (χ3n) is 3.98. The van der Waals surface area contributed by atoms with Crippen LogP contribution in [0.15, 0.2) is 24.3 Å². The predicted molar refractivity (Wildman–Crippen MR) is 79.4 cm³/mol. The number of piperidine rings is 1. The standard InChI is InChI=1S/C16H24N2O2/c1-12-7-8-13(2)18(10-12)16(19)11-20-15-6-4-3-5-14(15)9-17/h3-6,12-13H,7-11,17H2,1-2H3. The number of amides is 1. The van der Waals surface area contributed by atoms with Crippen molar-refractivity contribution in [3.63, 3.8) is 0 Å². The van der Waals surface area contributed by atoms with Crippen molar-refractivity contribution in [1.29, 1.82) is 0 Å². The molecule has 2 unspecified atom stereocenters. The van der Waals surface area contributed by atoms with Crippen LogP contribution in [0.25, 0.3) is 0 Å². The monoisotopic (exact) mass is 276 g/mol. The highest BCUT2D eigenvalue weighted by molar-refractivity contribution is 5.78. The molecule has 1 saturated heterocycles. The molecular formula is C16H24N2O2. The summed E-state index contributed by atoms with van der Waals surface area (Å²) in [7, 11) is 0. The van der Waals surface area contributed by atoms with Gasteiger partial charge in [0.05, 0.1) is 0 Å². The van der Waals surface area contributed by atoms with Gasteiger partial charge in [-0.25, -0.2) is 0 Å². The molecule has 0 aromatic heterocycles. The van der Waals surface area contributed by atoms with E-state index in [1.807, 2.05) is 29.2 Å². The normalized spacial score (nSPS) is 22.6. The summed E-state index contributed by atoms with van der Waals surface area (Å²) in [5.74, 6) is 1.35. The van der Waals surface area contributed by atoms with Gasteiger partial charge < -0.3 is 15.4 Å². The van der Waals surface area contributed by atoms with E-state index >= 15 is 0 Å². The molecule has 2 N–H and O–H groups in total. The van der Waals surface area contributed by atoms with Gasteiger partial charge in [0.2, 0.25) is 0 Å². The van der Waals surface area contributed by atoms with Gasteiger partial charge in [0.15, 0.2) is 6.61 Å². The van der Waals surface area contributed by atoms with E-state index in [0.29, 0.717) is 24.3 Å². The highest BCUT2D eigenvalue weighted by Crippen LogP contribution is 2.22. The molecule has 4 heteroatoms. The van der Waals surface area contributed by atoms with Crippen LogP contribution < -0.4 is 10.5 Å². The van der Waals surface area contributed by atoms with Crippen molar-refractivity contribution in [3.8, 4) is 5.75 Å². The lowest BCUT2D eigenvalue weighted by Crippen LogP contribution is -2.46. The molecule has 110 valence electrons. The van der Waals surface area contributed by atoms with Gasteiger partial charge in [-0.05, 0) is 31.7 Å². The summed E-state index contributed by atoms with van der Waals surface area (Å²) in [6.45, 7) is 5.64. The van der Waals surface area contributed by atoms with E-state index in [4.69, 9.17) is 10.5 Å². The molecule has 1 amide bonds. The molecule has 2 rings (SSSR count). The number of likely N-dealkylation sites (tertiary alicyclic amines) is 1. The zero-order valence-electron chi connectivity index (χ0n) is 12.3. The second kappa shape index (κ2) is 6.75. The van der Waals surface area contributed by atoms with Crippen LogP contribution in [0.2, 0.25) is 0 Å². The van der Waals surface area contributed by atoms with Gasteiger partial charge in [-0.15, -0.1) is 0 Å². The van der Waals surface area contributed by atoms with E-state index in [1.54, 1.807) is 0 Å². The molecule has 0 bridgehead atoms. The van der Waals surface area contributed by atoms with Gasteiger partial charge in [-0.2, -0.15) is 0 Å². The number of benzene rings is 1. The summed E-state index contributed by atoms with van der Waals surface area (Å²) in [5.41, 5.74) is 6.60. The Balaban J connectivity index is 1.94. The number of ether oxygens (including phenoxy) is 1. The van der Waals surface area contributed by atoms with Crippen LogP contribution in [0.3, 0.4) is 0 Å². The molecule has 0 radical (unpaired) electrons. The molecule has 1 aliphatic rings. The lowest BCUT2D eigenvalue weighted by atomic mass is 9.95. The summed E-state index contributed by atoms with van der Waals surface area (Å²) >= 11 is 0. The van der Waals surface area contributed by atoms with Crippen LogP contribution in [-0.2, 0) is 11.3 Å². The topological polar surface area (TPSA) is 55.6 Å². The summed E-state index contributed by atoms with van der Waals surface area (Å²) in [4.78, 5) is 14.2. The fourth-order valence-corrected chi connectivity index (χ4v) is 2.67. The van der Waals surface area contributed by atoms with Gasteiger partial charge in [-0.3, -0.25) is 4.79 Å². The number of carbonyl (C=O) groups is 1. The number of para-hydroxylation sites is 1. The lowest BCUT2D eigenvalue weighted by molar-refractivity contribution is -0.137. The SMILES string of the molecule is CC1CCC(C)N(C(=O)COc2ccccc2CN)C1. The molecule has 1 aromatic carbocycles. The van der Waals surface area contributed by atoms with E-state index in [-0.39, 0.29) is 12.5 Å². The molecule has 4 nitrogen and oxygen atoms in total. The highest BCUT2D eigenvalue weighted by atomic mass is 16.5. The fraction of sp³-hybridized carbons (Fsp3) is 0.562. The van der Waals surface area contributed by atoms with Crippen LogP contribution in [0.5, 0.6) is 5.75 Å². The third-order valence-corrected chi connectivity index (χ3v) is 3.98. The second-order valence-corrected chi connectivity index (χ2v) is 5.68. The average molecular weight is 276 g/mol. The zero-order valence-corrected chi connectivity index (χ0v) is 12.3. The van der Waals surface area contributed by atoms with Crippen LogP contribution in [0, 0.1) is 5.92 Å². The minimum absolute atomic E-state index is 0.0656. The molecule has 0 saturated carbocycles. The number of hydrogen-bond donors (Lipinski definition) is 1. The molecule has 2 atom stereocenters. The quantitative estimate of drug-likeness (QED) is 0.917. The van der Waals surface area contributed by atoms with Crippen molar-refractivity contribution < 1.29 is 9.53 Å².